The summed E-state index contributed by atoms with van der Waals surface area (Å²) >= 11 is 0. The van der Waals surface area contributed by atoms with E-state index in [2.05, 4.69) is 0 Å². The van der Waals surface area contributed by atoms with E-state index in [1.165, 1.54) is 25.3 Å². The van der Waals surface area contributed by atoms with Crippen LogP contribution in [-0.2, 0) is 13.9 Å². The molecule has 0 fully saturated rings. The van der Waals surface area contributed by atoms with Crippen LogP contribution in [0, 0.1) is 0 Å². The Balaban J connectivity index is 2.49. The summed E-state index contributed by atoms with van der Waals surface area (Å²) < 4.78 is 24.0. The summed E-state index contributed by atoms with van der Waals surface area (Å²) in [6.45, 7) is 3.53. The van der Waals surface area contributed by atoms with Crippen molar-refractivity contribution in [2.45, 2.75) is 13.8 Å². The van der Waals surface area contributed by atoms with Gasteiger partial charge in [-0.15, -0.1) is 0 Å². The molecule has 1 aromatic rings. The van der Waals surface area contributed by atoms with Gasteiger partial charge >= 0.3 is 0 Å². The van der Waals surface area contributed by atoms with E-state index in [0.717, 1.165) is 0 Å². The molecule has 19 heavy (non-hydrogen) atoms. The van der Waals surface area contributed by atoms with Gasteiger partial charge < -0.3 is 9.26 Å². The van der Waals surface area contributed by atoms with Crippen LogP contribution in [0.5, 0.6) is 5.75 Å². The first-order valence-corrected chi connectivity index (χ1v) is 7.60. The highest BCUT2D eigenvalue weighted by Crippen LogP contribution is 2.57. The van der Waals surface area contributed by atoms with Crippen molar-refractivity contribution in [3.05, 3.63) is 48.0 Å². The molecule has 1 heterocycles. The van der Waals surface area contributed by atoms with Crippen LogP contribution in [0.25, 0.3) is 0 Å². The summed E-state index contributed by atoms with van der Waals surface area (Å²) in [4.78, 5) is 11.0. The summed E-state index contributed by atoms with van der Waals surface area (Å²) in [5.41, 5.74) is 0. The van der Waals surface area contributed by atoms with Crippen molar-refractivity contribution in [2.75, 3.05) is 6.61 Å². The van der Waals surface area contributed by atoms with E-state index in [4.69, 9.17) is 9.26 Å². The average Bonchev–Trinajstić information content (AvgIpc) is 2.38. The number of ketones is 1. The number of carbonyl (C=O) groups is 1. The molecule has 2 rings (SSSR count). The fourth-order valence-electron chi connectivity index (χ4n) is 1.80. The minimum absolute atomic E-state index is 0.122. The molecule has 5 heteroatoms. The summed E-state index contributed by atoms with van der Waals surface area (Å²) in [7, 11) is -3.17. The Bertz CT molecular complexity index is 601. The lowest BCUT2D eigenvalue weighted by Crippen LogP contribution is -2.16. The van der Waals surface area contributed by atoms with Gasteiger partial charge in [0.2, 0.25) is 0 Å². The van der Waals surface area contributed by atoms with Crippen LogP contribution < -0.4 is 10.0 Å². The Morgan fingerprint density at radius 2 is 2.16 bits per heavy atom. The van der Waals surface area contributed by atoms with Gasteiger partial charge in [-0.1, -0.05) is 12.1 Å². The van der Waals surface area contributed by atoms with Gasteiger partial charge in [-0.2, -0.15) is 0 Å². The third-order valence-corrected chi connectivity index (χ3v) is 5.19. The van der Waals surface area contributed by atoms with Crippen molar-refractivity contribution >= 4 is 18.5 Å². The Kier molecular flexibility index (Phi) is 4.03. The molecule has 0 N–H and O–H groups in total. The molecular formula is C14H15O4P. The van der Waals surface area contributed by atoms with E-state index in [1.54, 1.807) is 31.2 Å². The lowest BCUT2D eigenvalue weighted by molar-refractivity contribution is -0.112. The first-order chi connectivity index (χ1) is 9.08. The van der Waals surface area contributed by atoms with E-state index in [0.29, 0.717) is 23.0 Å². The maximum atomic E-state index is 13.1. The second-order valence-electron chi connectivity index (χ2n) is 4.04. The van der Waals surface area contributed by atoms with Crippen molar-refractivity contribution in [1.82, 2.24) is 0 Å². The van der Waals surface area contributed by atoms with Crippen LogP contribution in [0.2, 0.25) is 0 Å². The highest BCUT2D eigenvalue weighted by atomic mass is 31.2. The number of allylic oxidation sites excluding steroid dienone is 3. The fourth-order valence-corrected chi connectivity index (χ4v) is 3.89. The molecule has 1 unspecified atom stereocenters. The predicted molar refractivity (Wildman–Crippen MR) is 73.8 cm³/mol. The molecule has 1 aliphatic heterocycles. The first-order valence-electron chi connectivity index (χ1n) is 5.98. The zero-order valence-corrected chi connectivity index (χ0v) is 11.7. The summed E-state index contributed by atoms with van der Waals surface area (Å²) in [5, 5.41) is 0.922. The number of fused-ring (bicyclic) bond motifs is 1. The average molecular weight is 278 g/mol. The van der Waals surface area contributed by atoms with Crippen LogP contribution in [0.3, 0.4) is 0 Å². The summed E-state index contributed by atoms with van der Waals surface area (Å²) in [6, 6.07) is 7.05. The number of benzene rings is 1. The standard InChI is InChI=1S/C14H15O4P/c1-3-18-19(16)12(9-8-11(2)15)10-17-13-6-4-5-7-14(13)19/h4-10H,3H2,1-2H3/b9-8+. The second kappa shape index (κ2) is 5.55. The zero-order chi connectivity index (χ0) is 13.9. The molecule has 1 atom stereocenters. The van der Waals surface area contributed by atoms with Gasteiger partial charge in [0, 0.05) is 0 Å². The van der Waals surface area contributed by atoms with Crippen LogP contribution in [0.1, 0.15) is 13.8 Å². The SMILES string of the molecule is CCOP1(=O)C(/C=C/C(C)=O)=COc2ccccc21. The van der Waals surface area contributed by atoms with Gasteiger partial charge in [-0.05, 0) is 38.1 Å². The number of carbonyl (C=O) groups excluding carboxylic acids is 1. The summed E-state index contributed by atoms with van der Waals surface area (Å²) in [6.07, 6.45) is 4.24. The largest absolute Gasteiger partial charge is 0.463 e. The smallest absolute Gasteiger partial charge is 0.268 e. The highest BCUT2D eigenvalue weighted by Gasteiger charge is 2.35. The van der Waals surface area contributed by atoms with Crippen molar-refractivity contribution < 1.29 is 18.6 Å². The van der Waals surface area contributed by atoms with Crippen molar-refractivity contribution in [3.8, 4) is 5.75 Å². The molecule has 0 radical (unpaired) electrons. The topological polar surface area (TPSA) is 52.6 Å². The third kappa shape index (κ3) is 2.70. The summed E-state index contributed by atoms with van der Waals surface area (Å²) in [5.74, 6) is 0.405. The van der Waals surface area contributed by atoms with E-state index >= 15 is 0 Å². The fraction of sp³-hybridized carbons (Fsp3) is 0.214. The van der Waals surface area contributed by atoms with E-state index in [9.17, 15) is 9.36 Å². The predicted octanol–water partition coefficient (Wildman–Crippen LogP) is 3.01. The Morgan fingerprint density at radius 3 is 2.84 bits per heavy atom. The molecule has 0 saturated carbocycles. The van der Waals surface area contributed by atoms with E-state index in [1.807, 2.05) is 0 Å². The van der Waals surface area contributed by atoms with Crippen LogP contribution in [-0.4, -0.2) is 12.4 Å². The quantitative estimate of drug-likeness (QED) is 0.627. The van der Waals surface area contributed by atoms with Gasteiger partial charge in [0.25, 0.3) is 7.37 Å². The van der Waals surface area contributed by atoms with Crippen molar-refractivity contribution in [3.63, 3.8) is 0 Å². The number of hydrogen-bond acceptors (Lipinski definition) is 4. The minimum Gasteiger partial charge on any atom is -0.463 e. The molecule has 0 saturated heterocycles. The first kappa shape index (κ1) is 13.8. The molecule has 0 amide bonds. The molecule has 1 aromatic carbocycles. The van der Waals surface area contributed by atoms with Gasteiger partial charge in [-0.25, -0.2) is 0 Å². The monoisotopic (exact) mass is 278 g/mol. The van der Waals surface area contributed by atoms with Crippen LogP contribution in [0.15, 0.2) is 48.0 Å². The number of para-hydroxylation sites is 1. The van der Waals surface area contributed by atoms with Crippen molar-refractivity contribution in [2.24, 2.45) is 0 Å². The molecule has 1 aliphatic rings. The molecular weight excluding hydrogens is 263 g/mol. The molecule has 0 aromatic heterocycles. The minimum atomic E-state index is -3.17. The lowest BCUT2D eigenvalue weighted by Gasteiger charge is -2.24. The number of rotatable bonds is 4. The molecule has 0 bridgehead atoms. The Morgan fingerprint density at radius 1 is 1.42 bits per heavy atom. The van der Waals surface area contributed by atoms with Gasteiger partial charge in [-0.3, -0.25) is 9.36 Å². The number of ether oxygens (including phenoxy) is 1. The third-order valence-electron chi connectivity index (χ3n) is 2.63. The molecule has 4 nitrogen and oxygen atoms in total. The van der Waals surface area contributed by atoms with Crippen LogP contribution in [0.4, 0.5) is 0 Å². The van der Waals surface area contributed by atoms with Crippen LogP contribution >= 0.6 is 7.37 Å². The molecule has 0 aliphatic carbocycles. The molecule has 0 spiro atoms. The zero-order valence-electron chi connectivity index (χ0n) is 10.8. The highest BCUT2D eigenvalue weighted by molar-refractivity contribution is 7.71. The van der Waals surface area contributed by atoms with E-state index < -0.39 is 7.37 Å². The van der Waals surface area contributed by atoms with Crippen molar-refractivity contribution in [1.29, 1.82) is 0 Å². The second-order valence-corrected chi connectivity index (χ2v) is 6.40. The maximum absolute atomic E-state index is 13.1. The van der Waals surface area contributed by atoms with Gasteiger partial charge in [0.15, 0.2) is 5.78 Å². The maximum Gasteiger partial charge on any atom is 0.268 e. The van der Waals surface area contributed by atoms with E-state index in [-0.39, 0.29) is 5.78 Å². The van der Waals surface area contributed by atoms with Gasteiger partial charge in [0.05, 0.1) is 17.2 Å². The van der Waals surface area contributed by atoms with Gasteiger partial charge in [0.1, 0.15) is 12.0 Å². The Hall–Kier alpha value is -1.64. The Labute approximate surface area is 112 Å². The lowest BCUT2D eigenvalue weighted by atomic mass is 10.3. The number of hydrogen-bond donors (Lipinski definition) is 0. The normalized spacial score (nSPS) is 21.7. The molecule has 100 valence electrons.